The molecule has 0 amide bonds. The molecule has 0 atom stereocenters. The zero-order valence-corrected chi connectivity index (χ0v) is 15.2. The van der Waals surface area contributed by atoms with E-state index in [2.05, 4.69) is 25.9 Å². The minimum Gasteiger partial charge on any atom is -0.507 e. The molecule has 3 rings (SSSR count). The molecule has 3 aromatic rings. The maximum atomic E-state index is 11.9. The molecule has 0 aliphatic heterocycles. The molecule has 0 fully saturated rings. The molecular formula is C19H14BrN3O3. The molecule has 0 spiro atoms. The second-order valence-corrected chi connectivity index (χ2v) is 6.42. The number of fused-ring (bicyclic) bond motifs is 1. The number of aromatic amines is 1. The lowest BCUT2D eigenvalue weighted by Gasteiger charge is -2.06. The summed E-state index contributed by atoms with van der Waals surface area (Å²) in [5.74, 6) is -0.619. The van der Waals surface area contributed by atoms with E-state index in [1.54, 1.807) is 18.2 Å². The van der Waals surface area contributed by atoms with Crippen LogP contribution in [0.15, 0.2) is 58.8 Å². The van der Waals surface area contributed by atoms with E-state index in [-0.39, 0.29) is 23.6 Å². The lowest BCUT2D eigenvalue weighted by Crippen LogP contribution is -2.11. The molecule has 26 heavy (non-hydrogen) atoms. The first kappa shape index (κ1) is 17.7. The number of nitrogens with one attached hydrogen (secondary N) is 1. The summed E-state index contributed by atoms with van der Waals surface area (Å²) in [6, 6.07) is 16.4. The summed E-state index contributed by atoms with van der Waals surface area (Å²) < 4.78 is 5.98. The van der Waals surface area contributed by atoms with Gasteiger partial charge in [0.05, 0.1) is 17.5 Å². The Morgan fingerprint density at radius 2 is 1.96 bits per heavy atom. The van der Waals surface area contributed by atoms with Crippen molar-refractivity contribution in [3.63, 3.8) is 0 Å². The average molecular weight is 412 g/mol. The zero-order valence-electron chi connectivity index (χ0n) is 13.6. The van der Waals surface area contributed by atoms with E-state index in [4.69, 9.17) is 4.74 Å². The molecular weight excluding hydrogens is 398 g/mol. The van der Waals surface area contributed by atoms with Crippen LogP contribution >= 0.6 is 15.9 Å². The molecule has 7 heteroatoms. The SMILES string of the molecule is N#C/C(=C(/O)COC(=O)Cc1ccc(Br)cc1)c1nc2ccccc2[nH]1. The molecule has 0 aliphatic carbocycles. The van der Waals surface area contributed by atoms with Crippen molar-refractivity contribution in [1.82, 2.24) is 9.97 Å². The molecule has 2 N–H and O–H groups in total. The van der Waals surface area contributed by atoms with Gasteiger partial charge in [-0.2, -0.15) is 5.26 Å². The van der Waals surface area contributed by atoms with Crippen LogP contribution in [0, 0.1) is 11.3 Å². The number of hydrogen-bond donors (Lipinski definition) is 2. The van der Waals surface area contributed by atoms with Crippen molar-refractivity contribution in [2.75, 3.05) is 6.61 Å². The van der Waals surface area contributed by atoms with Gasteiger partial charge in [-0.1, -0.05) is 40.2 Å². The number of imidazole rings is 1. The number of aliphatic hydroxyl groups excluding tert-OH is 1. The summed E-state index contributed by atoms with van der Waals surface area (Å²) in [6.07, 6.45) is 0.0765. The number of halogens is 1. The van der Waals surface area contributed by atoms with Crippen LogP contribution in [-0.2, 0) is 16.0 Å². The van der Waals surface area contributed by atoms with Crippen molar-refractivity contribution in [3.05, 3.63) is 70.2 Å². The molecule has 0 unspecified atom stereocenters. The lowest BCUT2D eigenvalue weighted by atomic mass is 10.1. The largest absolute Gasteiger partial charge is 0.507 e. The maximum Gasteiger partial charge on any atom is 0.310 e. The third kappa shape index (κ3) is 4.10. The van der Waals surface area contributed by atoms with Gasteiger partial charge in [-0.3, -0.25) is 4.79 Å². The molecule has 0 aliphatic rings. The molecule has 0 saturated carbocycles. The van der Waals surface area contributed by atoms with Crippen LogP contribution in [0.3, 0.4) is 0 Å². The summed E-state index contributed by atoms with van der Waals surface area (Å²) in [6.45, 7) is -0.394. The number of rotatable bonds is 5. The van der Waals surface area contributed by atoms with Gasteiger partial charge in [0, 0.05) is 4.47 Å². The Morgan fingerprint density at radius 1 is 1.23 bits per heavy atom. The molecule has 1 heterocycles. The normalized spacial score (nSPS) is 11.7. The van der Waals surface area contributed by atoms with Gasteiger partial charge in [0.2, 0.25) is 0 Å². The van der Waals surface area contributed by atoms with Crippen LogP contribution < -0.4 is 0 Å². The Balaban J connectivity index is 1.69. The standard InChI is InChI=1S/C19H14BrN3O3/c20-13-7-5-12(6-8-13)9-18(25)26-11-17(24)14(10-21)19-22-15-3-1-2-4-16(15)23-19/h1-8,24H,9,11H2,(H,22,23)/b17-14-. The van der Waals surface area contributed by atoms with Crippen molar-refractivity contribution in [1.29, 1.82) is 5.26 Å². The van der Waals surface area contributed by atoms with Gasteiger partial charge in [-0.05, 0) is 29.8 Å². The molecule has 0 bridgehead atoms. The highest BCUT2D eigenvalue weighted by Gasteiger charge is 2.15. The Labute approximate surface area is 157 Å². The van der Waals surface area contributed by atoms with Gasteiger partial charge in [0.1, 0.15) is 18.2 Å². The second-order valence-electron chi connectivity index (χ2n) is 5.50. The summed E-state index contributed by atoms with van der Waals surface area (Å²) in [4.78, 5) is 19.1. The summed E-state index contributed by atoms with van der Waals surface area (Å²) in [5.41, 5.74) is 2.16. The summed E-state index contributed by atoms with van der Waals surface area (Å²) in [7, 11) is 0. The number of para-hydroxylation sites is 2. The smallest absolute Gasteiger partial charge is 0.310 e. The predicted molar refractivity (Wildman–Crippen MR) is 100 cm³/mol. The van der Waals surface area contributed by atoms with Crippen molar-refractivity contribution < 1.29 is 14.6 Å². The van der Waals surface area contributed by atoms with Crippen LogP contribution in [0.1, 0.15) is 11.4 Å². The van der Waals surface area contributed by atoms with Crippen LogP contribution in [0.25, 0.3) is 16.6 Å². The number of aromatic nitrogens is 2. The van der Waals surface area contributed by atoms with Gasteiger partial charge >= 0.3 is 5.97 Å². The van der Waals surface area contributed by atoms with E-state index in [1.807, 2.05) is 36.4 Å². The highest BCUT2D eigenvalue weighted by Crippen LogP contribution is 2.19. The molecule has 1 aromatic heterocycles. The molecule has 2 aromatic carbocycles. The number of ether oxygens (including phenoxy) is 1. The molecule has 130 valence electrons. The number of nitriles is 1. The average Bonchev–Trinajstić information content (AvgIpc) is 3.06. The zero-order chi connectivity index (χ0) is 18.5. The fourth-order valence-corrected chi connectivity index (χ4v) is 2.63. The van der Waals surface area contributed by atoms with E-state index in [1.165, 1.54) is 0 Å². The van der Waals surface area contributed by atoms with E-state index >= 15 is 0 Å². The quantitative estimate of drug-likeness (QED) is 0.376. The van der Waals surface area contributed by atoms with Gasteiger partial charge < -0.3 is 14.8 Å². The number of H-pyrrole nitrogens is 1. The van der Waals surface area contributed by atoms with Crippen LogP contribution in [0.2, 0.25) is 0 Å². The minimum atomic E-state index is -0.499. The van der Waals surface area contributed by atoms with Gasteiger partial charge in [-0.15, -0.1) is 0 Å². The van der Waals surface area contributed by atoms with E-state index in [9.17, 15) is 15.2 Å². The summed E-state index contributed by atoms with van der Waals surface area (Å²) in [5, 5.41) is 19.5. The van der Waals surface area contributed by atoms with Gasteiger partial charge in [0.25, 0.3) is 0 Å². The number of aliphatic hydroxyl groups is 1. The number of carbonyl (C=O) groups is 1. The number of hydrogen-bond acceptors (Lipinski definition) is 5. The Morgan fingerprint density at radius 3 is 2.65 bits per heavy atom. The Bertz CT molecular complexity index is 983. The lowest BCUT2D eigenvalue weighted by molar-refractivity contribution is -0.142. The third-order valence-electron chi connectivity index (χ3n) is 3.66. The predicted octanol–water partition coefficient (Wildman–Crippen LogP) is 3.90. The van der Waals surface area contributed by atoms with E-state index in [0.717, 1.165) is 15.6 Å². The first-order valence-electron chi connectivity index (χ1n) is 7.74. The number of esters is 1. The highest BCUT2D eigenvalue weighted by molar-refractivity contribution is 9.10. The van der Waals surface area contributed by atoms with Crippen LogP contribution in [0.4, 0.5) is 0 Å². The fourth-order valence-electron chi connectivity index (χ4n) is 2.37. The summed E-state index contributed by atoms with van der Waals surface area (Å²) >= 11 is 3.33. The number of carbonyl (C=O) groups excluding carboxylic acids is 1. The van der Waals surface area contributed by atoms with Crippen molar-refractivity contribution in [2.24, 2.45) is 0 Å². The minimum absolute atomic E-state index is 0.0577. The first-order chi connectivity index (χ1) is 12.6. The molecule has 6 nitrogen and oxygen atoms in total. The fraction of sp³-hybridized carbons (Fsp3) is 0.105. The Hall–Kier alpha value is -3.11. The van der Waals surface area contributed by atoms with Crippen LogP contribution in [0.5, 0.6) is 0 Å². The van der Waals surface area contributed by atoms with E-state index < -0.39 is 12.6 Å². The molecule has 0 radical (unpaired) electrons. The Kier molecular flexibility index (Phi) is 5.34. The van der Waals surface area contributed by atoms with E-state index in [0.29, 0.717) is 5.52 Å². The van der Waals surface area contributed by atoms with Crippen molar-refractivity contribution in [3.8, 4) is 6.07 Å². The number of nitrogens with zero attached hydrogens (tertiary/aromatic N) is 2. The topological polar surface area (TPSA) is 99.0 Å². The van der Waals surface area contributed by atoms with Crippen molar-refractivity contribution in [2.45, 2.75) is 6.42 Å². The third-order valence-corrected chi connectivity index (χ3v) is 4.19. The number of benzene rings is 2. The maximum absolute atomic E-state index is 11.9. The first-order valence-corrected chi connectivity index (χ1v) is 8.53. The molecule has 0 saturated heterocycles. The van der Waals surface area contributed by atoms with Crippen molar-refractivity contribution >= 4 is 38.5 Å². The van der Waals surface area contributed by atoms with Crippen LogP contribution in [-0.4, -0.2) is 27.7 Å². The number of allylic oxidation sites excluding steroid dienone is 1. The van der Waals surface area contributed by atoms with Gasteiger partial charge in [0.15, 0.2) is 11.6 Å². The van der Waals surface area contributed by atoms with Gasteiger partial charge in [-0.25, -0.2) is 4.98 Å². The second kappa shape index (κ2) is 7.85. The monoisotopic (exact) mass is 411 g/mol. The highest BCUT2D eigenvalue weighted by atomic mass is 79.9.